The van der Waals surface area contributed by atoms with Crippen LogP contribution < -0.4 is 0 Å². The van der Waals surface area contributed by atoms with Crippen LogP contribution in [0.3, 0.4) is 0 Å². The van der Waals surface area contributed by atoms with Gasteiger partial charge in [-0.25, -0.2) is 0 Å². The second kappa shape index (κ2) is 6.19. The zero-order valence-electron chi connectivity index (χ0n) is 14.4. The van der Waals surface area contributed by atoms with E-state index >= 15 is 0 Å². The summed E-state index contributed by atoms with van der Waals surface area (Å²) in [7, 11) is 0. The maximum Gasteiger partial charge on any atom is 0.0648 e. The van der Waals surface area contributed by atoms with E-state index < -0.39 is 0 Å². The van der Waals surface area contributed by atoms with Crippen molar-refractivity contribution in [1.82, 2.24) is 14.1 Å². The molecule has 3 nitrogen and oxygen atoms in total. The van der Waals surface area contributed by atoms with Crippen molar-refractivity contribution in [2.75, 3.05) is 0 Å². The molecule has 0 aliphatic carbocycles. The van der Waals surface area contributed by atoms with Crippen LogP contribution in [0.2, 0.25) is 0 Å². The van der Waals surface area contributed by atoms with Gasteiger partial charge in [-0.15, -0.1) is 0 Å². The van der Waals surface area contributed by atoms with Crippen LogP contribution in [-0.4, -0.2) is 14.1 Å². The Kier molecular flexibility index (Phi) is 3.56. The number of benzene rings is 2. The van der Waals surface area contributed by atoms with Gasteiger partial charge in [0.1, 0.15) is 0 Å². The van der Waals surface area contributed by atoms with Crippen LogP contribution >= 0.6 is 0 Å². The highest BCUT2D eigenvalue weighted by Gasteiger charge is 2.05. The van der Waals surface area contributed by atoms with E-state index in [-0.39, 0.29) is 0 Å². The van der Waals surface area contributed by atoms with Crippen LogP contribution in [-0.2, 0) is 13.1 Å². The van der Waals surface area contributed by atoms with Crippen molar-refractivity contribution in [3.8, 4) is 0 Å². The lowest BCUT2D eigenvalue weighted by atomic mass is 10.2. The molecule has 0 amide bonds. The molecule has 3 heteroatoms. The van der Waals surface area contributed by atoms with Gasteiger partial charge < -0.3 is 9.13 Å². The van der Waals surface area contributed by atoms with Gasteiger partial charge in [0.25, 0.3) is 0 Å². The molecule has 2 aromatic carbocycles. The molecular formula is C23H19N3. The molecule has 0 fully saturated rings. The van der Waals surface area contributed by atoms with E-state index in [0.717, 1.165) is 24.5 Å². The fraction of sp³-hybridized carbons (Fsp3) is 0.0870. The number of para-hydroxylation sites is 2. The summed E-state index contributed by atoms with van der Waals surface area (Å²) in [5.74, 6) is 0. The minimum absolute atomic E-state index is 0.785. The van der Waals surface area contributed by atoms with E-state index in [1.807, 2.05) is 0 Å². The molecule has 5 rings (SSSR count). The zero-order chi connectivity index (χ0) is 17.3. The van der Waals surface area contributed by atoms with E-state index in [1.54, 1.807) is 0 Å². The number of nitrogens with zero attached hydrogens (tertiary/aromatic N) is 3. The van der Waals surface area contributed by atoms with E-state index in [1.165, 1.54) is 21.8 Å². The largest absolute Gasteiger partial charge is 0.341 e. The van der Waals surface area contributed by atoms with Crippen LogP contribution in [0.1, 0.15) is 11.4 Å². The molecule has 0 radical (unpaired) electrons. The molecule has 3 aromatic heterocycles. The Morgan fingerprint density at radius 1 is 0.538 bits per heavy atom. The Balaban J connectivity index is 1.44. The van der Waals surface area contributed by atoms with Crippen LogP contribution in [0.25, 0.3) is 21.8 Å². The third kappa shape index (κ3) is 2.68. The molecule has 0 unspecified atom stereocenters. The first-order chi connectivity index (χ1) is 12.9. The molecule has 0 saturated carbocycles. The number of rotatable bonds is 4. The summed E-state index contributed by atoms with van der Waals surface area (Å²) < 4.78 is 4.51. The molecule has 0 bridgehead atoms. The molecule has 0 atom stereocenters. The topological polar surface area (TPSA) is 22.8 Å². The van der Waals surface area contributed by atoms with Crippen molar-refractivity contribution in [1.29, 1.82) is 0 Å². The monoisotopic (exact) mass is 337 g/mol. The number of aromatic nitrogens is 3. The average molecular weight is 337 g/mol. The van der Waals surface area contributed by atoms with Crippen LogP contribution in [0.4, 0.5) is 0 Å². The fourth-order valence-corrected chi connectivity index (χ4v) is 3.61. The summed E-state index contributed by atoms with van der Waals surface area (Å²) >= 11 is 0. The van der Waals surface area contributed by atoms with Crippen LogP contribution in [0, 0.1) is 0 Å². The molecule has 0 aliphatic heterocycles. The van der Waals surface area contributed by atoms with Gasteiger partial charge in [0.05, 0.1) is 24.5 Å². The summed E-state index contributed by atoms with van der Waals surface area (Å²) in [4.78, 5) is 4.89. The fourth-order valence-electron chi connectivity index (χ4n) is 3.61. The first kappa shape index (κ1) is 15.0. The number of hydrogen-bond donors (Lipinski definition) is 0. The normalized spacial score (nSPS) is 11.4. The van der Waals surface area contributed by atoms with Crippen LogP contribution in [0.5, 0.6) is 0 Å². The Morgan fingerprint density at radius 2 is 1.04 bits per heavy atom. The highest BCUT2D eigenvalue weighted by atomic mass is 15.0. The third-order valence-corrected chi connectivity index (χ3v) is 4.89. The third-order valence-electron chi connectivity index (χ3n) is 4.89. The SMILES string of the molecule is c1cc(Cn2ccc3ccccc32)nc(Cn2ccc3ccccc32)c1. The molecular weight excluding hydrogens is 318 g/mol. The summed E-state index contributed by atoms with van der Waals surface area (Å²) in [6, 6.07) is 27.6. The first-order valence-corrected chi connectivity index (χ1v) is 8.89. The lowest BCUT2D eigenvalue weighted by Crippen LogP contribution is -2.05. The molecule has 126 valence electrons. The molecule has 3 heterocycles. The summed E-state index contributed by atoms with van der Waals surface area (Å²) in [5.41, 5.74) is 4.66. The maximum absolute atomic E-state index is 4.89. The van der Waals surface area contributed by atoms with Gasteiger partial charge in [-0.1, -0.05) is 42.5 Å². The van der Waals surface area contributed by atoms with Gasteiger partial charge in [-0.3, -0.25) is 4.98 Å². The summed E-state index contributed by atoms with van der Waals surface area (Å²) in [6.07, 6.45) is 4.27. The van der Waals surface area contributed by atoms with Crippen molar-refractivity contribution in [2.24, 2.45) is 0 Å². The predicted octanol–water partition coefficient (Wildman–Crippen LogP) is 5.09. The van der Waals surface area contributed by atoms with Gasteiger partial charge in [-0.05, 0) is 47.2 Å². The summed E-state index contributed by atoms with van der Waals surface area (Å²) in [5, 5.41) is 2.53. The standard InChI is InChI=1S/C23H19N3/c1-3-10-22-18(6-1)12-14-25(22)16-20-8-5-9-21(24-20)17-26-15-13-19-7-2-4-11-23(19)26/h1-15H,16-17H2. The highest BCUT2D eigenvalue weighted by molar-refractivity contribution is 5.80. The molecule has 0 N–H and O–H groups in total. The van der Waals surface area contributed by atoms with E-state index in [0.29, 0.717) is 0 Å². The Morgan fingerprint density at radius 3 is 1.58 bits per heavy atom. The minimum Gasteiger partial charge on any atom is -0.341 e. The highest BCUT2D eigenvalue weighted by Crippen LogP contribution is 2.18. The van der Waals surface area contributed by atoms with Gasteiger partial charge in [0.15, 0.2) is 0 Å². The predicted molar refractivity (Wildman–Crippen MR) is 106 cm³/mol. The van der Waals surface area contributed by atoms with E-state index in [2.05, 4.69) is 100 Å². The summed E-state index contributed by atoms with van der Waals surface area (Å²) in [6.45, 7) is 1.57. The molecule has 0 spiro atoms. The van der Waals surface area contributed by atoms with Crippen molar-refractivity contribution < 1.29 is 0 Å². The number of fused-ring (bicyclic) bond motifs is 2. The van der Waals surface area contributed by atoms with Crippen molar-refractivity contribution in [3.63, 3.8) is 0 Å². The Bertz CT molecular complexity index is 1110. The lowest BCUT2D eigenvalue weighted by molar-refractivity contribution is 0.764. The average Bonchev–Trinajstić information content (AvgIpc) is 3.27. The Labute approximate surface area is 152 Å². The second-order valence-electron chi connectivity index (χ2n) is 6.63. The minimum atomic E-state index is 0.785. The lowest BCUT2D eigenvalue weighted by Gasteiger charge is -2.09. The quantitative estimate of drug-likeness (QED) is 0.448. The van der Waals surface area contributed by atoms with Crippen molar-refractivity contribution >= 4 is 21.8 Å². The number of hydrogen-bond acceptors (Lipinski definition) is 1. The van der Waals surface area contributed by atoms with E-state index in [4.69, 9.17) is 4.98 Å². The molecule has 0 saturated heterocycles. The van der Waals surface area contributed by atoms with Gasteiger partial charge >= 0.3 is 0 Å². The number of pyridine rings is 1. The Hall–Kier alpha value is -3.33. The van der Waals surface area contributed by atoms with Crippen LogP contribution in [0.15, 0.2) is 91.3 Å². The second-order valence-corrected chi connectivity index (χ2v) is 6.63. The molecule has 5 aromatic rings. The molecule has 26 heavy (non-hydrogen) atoms. The van der Waals surface area contributed by atoms with Gasteiger partial charge in [0.2, 0.25) is 0 Å². The maximum atomic E-state index is 4.89. The van der Waals surface area contributed by atoms with Gasteiger partial charge in [0, 0.05) is 23.4 Å². The molecule has 0 aliphatic rings. The zero-order valence-corrected chi connectivity index (χ0v) is 14.4. The smallest absolute Gasteiger partial charge is 0.0648 e. The van der Waals surface area contributed by atoms with E-state index in [9.17, 15) is 0 Å². The van der Waals surface area contributed by atoms with Crippen molar-refractivity contribution in [3.05, 3.63) is 103 Å². The van der Waals surface area contributed by atoms with Gasteiger partial charge in [-0.2, -0.15) is 0 Å². The first-order valence-electron chi connectivity index (χ1n) is 8.89. The van der Waals surface area contributed by atoms with Crippen molar-refractivity contribution in [2.45, 2.75) is 13.1 Å².